The van der Waals surface area contributed by atoms with Gasteiger partial charge in [0.25, 0.3) is 5.91 Å². The van der Waals surface area contributed by atoms with Gasteiger partial charge in [-0.2, -0.15) is 0 Å². The topological polar surface area (TPSA) is 67.6 Å². The Morgan fingerprint density at radius 3 is 2.35 bits per heavy atom. The van der Waals surface area contributed by atoms with E-state index in [2.05, 4.69) is 0 Å². The van der Waals surface area contributed by atoms with Gasteiger partial charge in [0, 0.05) is 29.4 Å². The van der Waals surface area contributed by atoms with Gasteiger partial charge in [0.15, 0.2) is 5.78 Å². The number of nitrogens with zero attached hydrogens (tertiary/aromatic N) is 1. The van der Waals surface area contributed by atoms with Gasteiger partial charge >= 0.3 is 5.63 Å². The van der Waals surface area contributed by atoms with E-state index in [1.54, 1.807) is 23.1 Å². The van der Waals surface area contributed by atoms with Gasteiger partial charge < -0.3 is 9.32 Å². The number of hydrogen-bond donors (Lipinski definition) is 0. The summed E-state index contributed by atoms with van der Waals surface area (Å²) in [6.07, 6.45) is 6.32. The second-order valence-electron chi connectivity index (χ2n) is 8.79. The summed E-state index contributed by atoms with van der Waals surface area (Å²) in [7, 11) is 0. The second kappa shape index (κ2) is 9.10. The Labute approximate surface area is 197 Å². The predicted molar refractivity (Wildman–Crippen MR) is 134 cm³/mol. The van der Waals surface area contributed by atoms with Gasteiger partial charge in [0.2, 0.25) is 0 Å². The first-order valence-electron chi connectivity index (χ1n) is 11.6. The van der Waals surface area contributed by atoms with Crippen molar-refractivity contribution in [2.75, 3.05) is 13.1 Å². The van der Waals surface area contributed by atoms with Crippen molar-refractivity contribution in [2.45, 2.75) is 26.2 Å². The fourth-order valence-corrected chi connectivity index (χ4v) is 4.52. The van der Waals surface area contributed by atoms with Crippen molar-refractivity contribution in [1.82, 2.24) is 4.90 Å². The SMILES string of the molecule is Cc1ccc(C(=O)/C=C/c2cc3cc(C(=O)N4CCCCC4)c(=O)oc3c3ccccc23)cc1. The Kier molecular flexibility index (Phi) is 5.84. The fraction of sp³-hybridized carbons (Fsp3) is 0.207. The third-order valence-electron chi connectivity index (χ3n) is 6.39. The molecule has 0 saturated carbocycles. The van der Waals surface area contributed by atoms with Crippen molar-refractivity contribution in [3.63, 3.8) is 0 Å². The number of ketones is 1. The number of aryl methyl sites for hydroxylation is 1. The molecule has 5 heteroatoms. The largest absolute Gasteiger partial charge is 0.421 e. The minimum atomic E-state index is -0.619. The highest BCUT2D eigenvalue weighted by Gasteiger charge is 2.23. The zero-order valence-corrected chi connectivity index (χ0v) is 19.0. The quantitative estimate of drug-likeness (QED) is 0.171. The smallest absolute Gasteiger partial charge is 0.349 e. The molecule has 5 rings (SSSR count). The molecule has 0 N–H and O–H groups in total. The maximum atomic E-state index is 13.0. The molecule has 170 valence electrons. The predicted octanol–water partition coefficient (Wildman–Crippen LogP) is 5.78. The van der Waals surface area contributed by atoms with Gasteiger partial charge in [-0.3, -0.25) is 9.59 Å². The molecule has 4 aromatic rings. The van der Waals surface area contributed by atoms with Crippen LogP contribution in [0.3, 0.4) is 0 Å². The molecule has 2 heterocycles. The molecule has 0 bridgehead atoms. The van der Waals surface area contributed by atoms with E-state index in [0.717, 1.165) is 41.2 Å². The van der Waals surface area contributed by atoms with Crippen LogP contribution in [0.1, 0.15) is 51.1 Å². The molecule has 1 aliphatic heterocycles. The van der Waals surface area contributed by atoms with Crippen molar-refractivity contribution in [3.8, 4) is 0 Å². The third kappa shape index (κ3) is 4.17. The molecular formula is C29H25NO4. The number of hydrogen-bond acceptors (Lipinski definition) is 4. The number of allylic oxidation sites excluding steroid dienone is 1. The molecule has 0 aliphatic carbocycles. The number of benzene rings is 3. The lowest BCUT2D eigenvalue weighted by molar-refractivity contribution is 0.0720. The molecule has 1 amide bonds. The van der Waals surface area contributed by atoms with Gasteiger partial charge in [-0.15, -0.1) is 0 Å². The Morgan fingerprint density at radius 1 is 0.912 bits per heavy atom. The number of piperidine rings is 1. The fourth-order valence-electron chi connectivity index (χ4n) is 4.52. The minimum Gasteiger partial charge on any atom is -0.421 e. The number of likely N-dealkylation sites (tertiary alicyclic amines) is 1. The van der Waals surface area contributed by atoms with Crippen LogP contribution in [-0.4, -0.2) is 29.7 Å². The van der Waals surface area contributed by atoms with Gasteiger partial charge in [0.1, 0.15) is 11.1 Å². The minimum absolute atomic E-state index is 0.0512. The van der Waals surface area contributed by atoms with Gasteiger partial charge in [-0.1, -0.05) is 60.2 Å². The summed E-state index contributed by atoms with van der Waals surface area (Å²) in [6, 6.07) is 18.5. The zero-order valence-electron chi connectivity index (χ0n) is 19.0. The highest BCUT2D eigenvalue weighted by Crippen LogP contribution is 2.30. The Bertz CT molecular complexity index is 1490. The van der Waals surface area contributed by atoms with E-state index in [9.17, 15) is 14.4 Å². The number of carbonyl (C=O) groups is 2. The first-order chi connectivity index (χ1) is 16.5. The van der Waals surface area contributed by atoms with Crippen LogP contribution in [0.5, 0.6) is 0 Å². The first-order valence-corrected chi connectivity index (χ1v) is 11.6. The lowest BCUT2D eigenvalue weighted by Gasteiger charge is -2.26. The van der Waals surface area contributed by atoms with E-state index < -0.39 is 5.63 Å². The number of rotatable bonds is 4. The maximum Gasteiger partial charge on any atom is 0.349 e. The average Bonchev–Trinajstić information content (AvgIpc) is 2.87. The monoisotopic (exact) mass is 451 g/mol. The van der Waals surface area contributed by atoms with Gasteiger partial charge in [-0.05, 0) is 55.3 Å². The van der Waals surface area contributed by atoms with Crippen LogP contribution in [0, 0.1) is 6.92 Å². The van der Waals surface area contributed by atoms with E-state index in [1.807, 2.05) is 61.5 Å². The molecule has 3 aromatic carbocycles. The molecule has 0 radical (unpaired) electrons. The van der Waals surface area contributed by atoms with Crippen LogP contribution in [0.15, 0.2) is 76.0 Å². The maximum absolute atomic E-state index is 13.0. The van der Waals surface area contributed by atoms with E-state index in [1.165, 1.54) is 0 Å². The molecular weight excluding hydrogens is 426 g/mol. The van der Waals surface area contributed by atoms with Crippen LogP contribution in [0.25, 0.3) is 27.8 Å². The molecule has 0 unspecified atom stereocenters. The van der Waals surface area contributed by atoms with Crippen LogP contribution in [0.4, 0.5) is 0 Å². The summed E-state index contributed by atoms with van der Waals surface area (Å²) in [5.41, 5.74) is 2.40. The third-order valence-corrected chi connectivity index (χ3v) is 6.39. The lowest BCUT2D eigenvalue weighted by atomic mass is 9.99. The van der Waals surface area contributed by atoms with Crippen LogP contribution < -0.4 is 5.63 Å². The summed E-state index contributed by atoms with van der Waals surface area (Å²) >= 11 is 0. The second-order valence-corrected chi connectivity index (χ2v) is 8.79. The highest BCUT2D eigenvalue weighted by atomic mass is 16.4. The standard InChI is InChI=1S/C29H25NO4/c1-19-9-11-20(12-10-19)26(31)14-13-21-17-22-18-25(28(32)30-15-5-2-6-16-30)29(33)34-27(22)24-8-4-3-7-23(21)24/h3-4,7-14,17-18H,2,5-6,15-16H2,1H3/b14-13+. The number of amides is 1. The van der Waals surface area contributed by atoms with E-state index in [0.29, 0.717) is 29.6 Å². The Balaban J connectivity index is 1.59. The number of fused-ring (bicyclic) bond motifs is 3. The molecule has 1 aromatic heterocycles. The zero-order chi connectivity index (χ0) is 23.7. The van der Waals surface area contributed by atoms with Crippen molar-refractivity contribution < 1.29 is 14.0 Å². The van der Waals surface area contributed by atoms with Crippen molar-refractivity contribution >= 4 is 39.5 Å². The molecule has 5 nitrogen and oxygen atoms in total. The normalized spacial score (nSPS) is 14.2. The summed E-state index contributed by atoms with van der Waals surface area (Å²) in [5, 5.41) is 2.28. The summed E-state index contributed by atoms with van der Waals surface area (Å²) in [5.74, 6) is -0.375. The number of carbonyl (C=O) groups excluding carboxylic acids is 2. The van der Waals surface area contributed by atoms with Crippen LogP contribution in [0.2, 0.25) is 0 Å². The molecule has 0 atom stereocenters. The highest BCUT2D eigenvalue weighted by molar-refractivity contribution is 6.12. The molecule has 1 saturated heterocycles. The van der Waals surface area contributed by atoms with Crippen LogP contribution in [-0.2, 0) is 0 Å². The first kappa shape index (κ1) is 21.8. The van der Waals surface area contributed by atoms with E-state index >= 15 is 0 Å². The lowest BCUT2D eigenvalue weighted by Crippen LogP contribution is -2.37. The van der Waals surface area contributed by atoms with Crippen molar-refractivity contribution in [3.05, 3.63) is 99.4 Å². The van der Waals surface area contributed by atoms with Crippen LogP contribution >= 0.6 is 0 Å². The van der Waals surface area contributed by atoms with Crippen molar-refractivity contribution in [1.29, 1.82) is 0 Å². The van der Waals surface area contributed by atoms with E-state index in [-0.39, 0.29) is 17.3 Å². The van der Waals surface area contributed by atoms with Crippen molar-refractivity contribution in [2.24, 2.45) is 0 Å². The molecule has 1 aliphatic rings. The van der Waals surface area contributed by atoms with Gasteiger partial charge in [-0.25, -0.2) is 4.79 Å². The Morgan fingerprint density at radius 2 is 1.62 bits per heavy atom. The molecule has 1 fully saturated rings. The molecule has 34 heavy (non-hydrogen) atoms. The Hall–Kier alpha value is -3.99. The summed E-state index contributed by atoms with van der Waals surface area (Å²) in [6.45, 7) is 3.29. The average molecular weight is 452 g/mol. The summed E-state index contributed by atoms with van der Waals surface area (Å²) in [4.78, 5) is 40.2. The summed E-state index contributed by atoms with van der Waals surface area (Å²) < 4.78 is 5.69. The molecule has 0 spiro atoms. The van der Waals surface area contributed by atoms with E-state index in [4.69, 9.17) is 4.42 Å². The van der Waals surface area contributed by atoms with Gasteiger partial charge in [0.05, 0.1) is 0 Å².